The zero-order valence-electron chi connectivity index (χ0n) is 11.0. The molecule has 2 aliphatic rings. The number of nitrogens with zero attached hydrogens (tertiary/aromatic N) is 3. The fourth-order valence-electron chi connectivity index (χ4n) is 2.92. The Kier molecular flexibility index (Phi) is 3.35. The molecule has 1 saturated carbocycles. The molecule has 5 nitrogen and oxygen atoms in total. The highest BCUT2D eigenvalue weighted by molar-refractivity contribution is 5.02. The zero-order valence-corrected chi connectivity index (χ0v) is 11.0. The molecule has 2 heterocycles. The average Bonchev–Trinajstić information content (AvgIpc) is 3.11. The first-order valence-electron chi connectivity index (χ1n) is 7.04. The van der Waals surface area contributed by atoms with Crippen molar-refractivity contribution in [2.75, 3.05) is 13.1 Å². The normalized spacial score (nSPS) is 29.7. The molecule has 1 aromatic rings. The summed E-state index contributed by atoms with van der Waals surface area (Å²) in [5.74, 6) is 2.86. The van der Waals surface area contributed by atoms with Crippen LogP contribution in [0.4, 0.5) is 0 Å². The molecule has 0 spiro atoms. The molecule has 0 bridgehead atoms. The zero-order chi connectivity index (χ0) is 12.5. The summed E-state index contributed by atoms with van der Waals surface area (Å²) in [6.45, 7) is 4.88. The van der Waals surface area contributed by atoms with Gasteiger partial charge in [0.25, 0.3) is 0 Å². The second-order valence-corrected chi connectivity index (χ2v) is 5.72. The van der Waals surface area contributed by atoms with Gasteiger partial charge in [-0.25, -0.2) is 0 Å². The third-order valence-electron chi connectivity index (χ3n) is 4.23. The molecule has 100 valence electrons. The monoisotopic (exact) mass is 250 g/mol. The first-order chi connectivity index (χ1) is 8.78. The number of piperidine rings is 1. The quantitative estimate of drug-likeness (QED) is 0.877. The third-order valence-corrected chi connectivity index (χ3v) is 4.23. The Bertz CT molecular complexity index is 401. The summed E-state index contributed by atoms with van der Waals surface area (Å²) in [4.78, 5) is 6.91. The molecular weight excluding hydrogens is 228 g/mol. The second-order valence-electron chi connectivity index (χ2n) is 5.72. The fourth-order valence-corrected chi connectivity index (χ4v) is 2.92. The molecule has 1 aromatic heterocycles. The summed E-state index contributed by atoms with van der Waals surface area (Å²) in [6, 6.07) is 0.460. The van der Waals surface area contributed by atoms with Crippen molar-refractivity contribution in [1.82, 2.24) is 15.0 Å². The van der Waals surface area contributed by atoms with Crippen molar-refractivity contribution in [3.8, 4) is 0 Å². The summed E-state index contributed by atoms with van der Waals surface area (Å²) in [6.07, 6.45) is 4.92. The van der Waals surface area contributed by atoms with Gasteiger partial charge in [0.15, 0.2) is 5.82 Å². The minimum atomic E-state index is 0.460. The number of rotatable bonds is 4. The second kappa shape index (κ2) is 4.97. The molecule has 3 rings (SSSR count). The molecule has 1 saturated heterocycles. The predicted molar refractivity (Wildman–Crippen MR) is 67.9 cm³/mol. The number of hydrogen-bond donors (Lipinski definition) is 1. The van der Waals surface area contributed by atoms with E-state index in [9.17, 15) is 0 Å². The van der Waals surface area contributed by atoms with Crippen molar-refractivity contribution in [2.24, 2.45) is 11.7 Å². The Morgan fingerprint density at radius 3 is 2.94 bits per heavy atom. The molecular formula is C13H22N4O. The van der Waals surface area contributed by atoms with Gasteiger partial charge in [0.2, 0.25) is 5.89 Å². The Hall–Kier alpha value is -0.940. The van der Waals surface area contributed by atoms with E-state index in [0.717, 1.165) is 24.8 Å². The summed E-state index contributed by atoms with van der Waals surface area (Å²) in [7, 11) is 0. The Morgan fingerprint density at radius 2 is 2.22 bits per heavy atom. The largest absolute Gasteiger partial charge is 0.339 e. The minimum absolute atomic E-state index is 0.460. The maximum Gasteiger partial charge on any atom is 0.229 e. The van der Waals surface area contributed by atoms with Crippen molar-refractivity contribution in [3.05, 3.63) is 11.7 Å². The molecule has 2 fully saturated rings. The third kappa shape index (κ3) is 2.42. The maximum atomic E-state index is 5.90. The SMILES string of the molecule is CC1CCCN(Cc2noc(C3CC3)n2)C1CN. The van der Waals surface area contributed by atoms with Crippen LogP contribution in [-0.4, -0.2) is 34.2 Å². The smallest absolute Gasteiger partial charge is 0.229 e. The van der Waals surface area contributed by atoms with Gasteiger partial charge in [0.05, 0.1) is 6.54 Å². The first-order valence-corrected chi connectivity index (χ1v) is 7.04. The van der Waals surface area contributed by atoms with E-state index < -0.39 is 0 Å². The van der Waals surface area contributed by atoms with Crippen LogP contribution in [0.3, 0.4) is 0 Å². The molecule has 2 unspecified atom stereocenters. The van der Waals surface area contributed by atoms with Crippen LogP contribution >= 0.6 is 0 Å². The molecule has 1 aliphatic heterocycles. The standard InChI is InChI=1S/C13H22N4O/c1-9-3-2-6-17(11(9)7-14)8-12-15-13(18-16-12)10-4-5-10/h9-11H,2-8,14H2,1H3. The number of hydrogen-bond acceptors (Lipinski definition) is 5. The Balaban J connectivity index is 1.65. The lowest BCUT2D eigenvalue weighted by molar-refractivity contribution is 0.0955. The summed E-state index contributed by atoms with van der Waals surface area (Å²) >= 11 is 0. The van der Waals surface area contributed by atoms with Crippen molar-refractivity contribution in [3.63, 3.8) is 0 Å². The predicted octanol–water partition coefficient (Wildman–Crippen LogP) is 1.51. The lowest BCUT2D eigenvalue weighted by atomic mass is 9.91. The Morgan fingerprint density at radius 1 is 1.39 bits per heavy atom. The molecule has 1 aliphatic carbocycles. The molecule has 0 amide bonds. The van der Waals surface area contributed by atoms with Crippen LogP contribution in [0.2, 0.25) is 0 Å². The van der Waals surface area contributed by atoms with Crippen LogP contribution in [0, 0.1) is 5.92 Å². The Labute approximate surface area is 108 Å². The molecule has 2 N–H and O–H groups in total. The van der Waals surface area contributed by atoms with Crippen LogP contribution in [0.1, 0.15) is 50.2 Å². The fraction of sp³-hybridized carbons (Fsp3) is 0.846. The van der Waals surface area contributed by atoms with Gasteiger partial charge in [-0.3, -0.25) is 4.90 Å². The van der Waals surface area contributed by atoms with Gasteiger partial charge < -0.3 is 10.3 Å². The van der Waals surface area contributed by atoms with E-state index in [1.165, 1.54) is 25.7 Å². The first kappa shape index (κ1) is 12.1. The molecule has 0 aromatic carbocycles. The summed E-state index contributed by atoms with van der Waals surface area (Å²) < 4.78 is 5.31. The number of nitrogens with two attached hydrogens (primary N) is 1. The van der Waals surface area contributed by atoms with Crippen molar-refractivity contribution >= 4 is 0 Å². The van der Waals surface area contributed by atoms with E-state index in [1.54, 1.807) is 0 Å². The van der Waals surface area contributed by atoms with Gasteiger partial charge in [0, 0.05) is 18.5 Å². The van der Waals surface area contributed by atoms with Crippen molar-refractivity contribution in [2.45, 2.75) is 51.1 Å². The van der Waals surface area contributed by atoms with E-state index in [-0.39, 0.29) is 0 Å². The maximum absolute atomic E-state index is 5.90. The molecule has 2 atom stereocenters. The molecule has 18 heavy (non-hydrogen) atoms. The van der Waals surface area contributed by atoms with Crippen LogP contribution in [0.5, 0.6) is 0 Å². The van der Waals surface area contributed by atoms with Gasteiger partial charge in [-0.15, -0.1) is 0 Å². The summed E-state index contributed by atoms with van der Waals surface area (Å²) in [5.41, 5.74) is 5.90. The highest BCUT2D eigenvalue weighted by atomic mass is 16.5. The highest BCUT2D eigenvalue weighted by Crippen LogP contribution is 2.38. The number of likely N-dealkylation sites (tertiary alicyclic amines) is 1. The van der Waals surface area contributed by atoms with E-state index in [0.29, 0.717) is 24.4 Å². The van der Waals surface area contributed by atoms with Crippen LogP contribution < -0.4 is 5.73 Å². The lowest BCUT2D eigenvalue weighted by Crippen LogP contribution is -2.48. The van der Waals surface area contributed by atoms with E-state index in [4.69, 9.17) is 10.3 Å². The summed E-state index contributed by atoms with van der Waals surface area (Å²) in [5, 5.41) is 4.10. The van der Waals surface area contributed by atoms with E-state index in [1.807, 2.05) is 0 Å². The lowest BCUT2D eigenvalue weighted by Gasteiger charge is -2.38. The van der Waals surface area contributed by atoms with Crippen molar-refractivity contribution < 1.29 is 4.52 Å². The van der Waals surface area contributed by atoms with Crippen LogP contribution in [-0.2, 0) is 6.54 Å². The van der Waals surface area contributed by atoms with Gasteiger partial charge in [-0.2, -0.15) is 4.98 Å². The highest BCUT2D eigenvalue weighted by Gasteiger charge is 2.31. The van der Waals surface area contributed by atoms with Gasteiger partial charge in [-0.05, 0) is 38.1 Å². The molecule has 5 heteroatoms. The van der Waals surface area contributed by atoms with E-state index in [2.05, 4.69) is 22.0 Å². The van der Waals surface area contributed by atoms with Gasteiger partial charge >= 0.3 is 0 Å². The minimum Gasteiger partial charge on any atom is -0.339 e. The van der Waals surface area contributed by atoms with Gasteiger partial charge in [0.1, 0.15) is 0 Å². The van der Waals surface area contributed by atoms with Crippen LogP contribution in [0.25, 0.3) is 0 Å². The van der Waals surface area contributed by atoms with Crippen LogP contribution in [0.15, 0.2) is 4.52 Å². The van der Waals surface area contributed by atoms with E-state index >= 15 is 0 Å². The average molecular weight is 250 g/mol. The molecule has 0 radical (unpaired) electrons. The topological polar surface area (TPSA) is 68.2 Å². The van der Waals surface area contributed by atoms with Crippen molar-refractivity contribution in [1.29, 1.82) is 0 Å². The van der Waals surface area contributed by atoms with Gasteiger partial charge in [-0.1, -0.05) is 12.1 Å². The number of aromatic nitrogens is 2.